The van der Waals surface area contributed by atoms with Gasteiger partial charge in [0, 0.05) is 47.5 Å². The molecule has 1 unspecified atom stereocenters. The summed E-state index contributed by atoms with van der Waals surface area (Å²) in [5.74, 6) is 2.66. The van der Waals surface area contributed by atoms with Crippen LogP contribution in [-0.4, -0.2) is 54.7 Å². The summed E-state index contributed by atoms with van der Waals surface area (Å²) in [4.78, 5) is 4.91. The molecule has 338 valence electrons. The molecule has 4 aromatic rings. The van der Waals surface area contributed by atoms with Gasteiger partial charge in [0.15, 0.2) is 5.71 Å². The molecule has 3 nitrogen and oxygen atoms in total. The smallest absolute Gasteiger partial charge is 0.210 e. The number of hydrogen-bond acceptors (Lipinski definition) is 2. The zero-order valence-corrected chi connectivity index (χ0v) is 43.0. The van der Waals surface area contributed by atoms with Gasteiger partial charge in [-0.15, -0.1) is 0 Å². The molecule has 2 aliphatic heterocycles. The molecule has 4 aromatic carbocycles. The summed E-state index contributed by atoms with van der Waals surface area (Å²) in [7, 11) is 4.35. The number of fused-ring (bicyclic) bond motifs is 6. The molecule has 1 atom stereocenters. The first-order valence-electron chi connectivity index (χ1n) is 24.3. The molecule has 0 bridgehead atoms. The summed E-state index contributed by atoms with van der Waals surface area (Å²) in [6.07, 6.45) is 28.7. The highest BCUT2D eigenvalue weighted by molar-refractivity contribution is 9.08. The third-order valence-corrected chi connectivity index (χ3v) is 12.7. The van der Waals surface area contributed by atoms with Gasteiger partial charge >= 0.3 is 0 Å². The molecule has 0 amide bonds. The summed E-state index contributed by atoms with van der Waals surface area (Å²) < 4.78 is 2.63. The van der Waals surface area contributed by atoms with Gasteiger partial charge in [0.25, 0.3) is 0 Å². The summed E-state index contributed by atoms with van der Waals surface area (Å²) in [5, 5.41) is 5.41. The number of allylic oxidation sites excluding steroid dienone is 8. The first kappa shape index (κ1) is 52.6. The van der Waals surface area contributed by atoms with Crippen LogP contribution >= 0.6 is 15.9 Å². The maximum absolute atomic E-state index is 2.94. The van der Waals surface area contributed by atoms with Gasteiger partial charge in [0.2, 0.25) is 5.69 Å². The fourth-order valence-electron chi connectivity index (χ4n) is 9.41. The van der Waals surface area contributed by atoms with Crippen LogP contribution in [0.25, 0.3) is 21.5 Å². The van der Waals surface area contributed by atoms with E-state index in [1.165, 1.54) is 126 Å². The van der Waals surface area contributed by atoms with Crippen LogP contribution in [0.3, 0.4) is 0 Å². The molecule has 6 rings (SSSR count). The Labute approximate surface area is 388 Å². The highest BCUT2D eigenvalue weighted by Crippen LogP contribution is 2.51. The van der Waals surface area contributed by atoms with E-state index in [2.05, 4.69) is 201 Å². The van der Waals surface area contributed by atoms with Crippen molar-refractivity contribution in [1.82, 2.24) is 4.90 Å². The molecular formula is C58H85BrN3+. The van der Waals surface area contributed by atoms with Crippen molar-refractivity contribution in [2.45, 2.75) is 144 Å². The minimum Gasteiger partial charge on any atom is -0.344 e. The number of unbranched alkanes of at least 4 members (excludes halogenated alkanes) is 6. The normalized spacial score (nSPS) is 16.2. The van der Waals surface area contributed by atoms with E-state index in [0.717, 1.165) is 19.0 Å². The second-order valence-corrected chi connectivity index (χ2v) is 17.9. The Morgan fingerprint density at radius 2 is 1.21 bits per heavy atom. The molecule has 0 fully saturated rings. The minimum absolute atomic E-state index is 0.0829. The Kier molecular flexibility index (Phi) is 22.7. The molecule has 62 heavy (non-hydrogen) atoms. The van der Waals surface area contributed by atoms with Crippen molar-refractivity contribution in [2.24, 2.45) is 5.92 Å². The van der Waals surface area contributed by atoms with Crippen molar-refractivity contribution in [3.63, 3.8) is 0 Å². The van der Waals surface area contributed by atoms with E-state index in [9.17, 15) is 0 Å². The van der Waals surface area contributed by atoms with Crippen LogP contribution < -0.4 is 4.90 Å². The lowest BCUT2D eigenvalue weighted by Gasteiger charge is -2.27. The van der Waals surface area contributed by atoms with E-state index >= 15 is 0 Å². The Balaban J connectivity index is 0.00000163. The second kappa shape index (κ2) is 26.8. The average Bonchev–Trinajstić information content (AvgIpc) is 3.65. The van der Waals surface area contributed by atoms with Crippen molar-refractivity contribution in [3.8, 4) is 0 Å². The van der Waals surface area contributed by atoms with Crippen molar-refractivity contribution < 1.29 is 4.58 Å². The van der Waals surface area contributed by atoms with Crippen LogP contribution in [0.4, 0.5) is 11.4 Å². The van der Waals surface area contributed by atoms with Crippen molar-refractivity contribution >= 4 is 54.6 Å². The Bertz CT molecular complexity index is 2110. The molecular weight excluding hydrogens is 819 g/mol. The highest BCUT2D eigenvalue weighted by Gasteiger charge is 2.45. The van der Waals surface area contributed by atoms with Gasteiger partial charge in [0.05, 0.1) is 5.41 Å². The molecule has 4 heteroatoms. The topological polar surface area (TPSA) is 9.49 Å². The molecule has 0 aliphatic carbocycles. The Morgan fingerprint density at radius 3 is 1.87 bits per heavy atom. The lowest BCUT2D eigenvalue weighted by molar-refractivity contribution is -0.438. The SMILES string of the molecule is CBr.CC.CC.CCC(C)CCCCCC[N+]1=C(/C=C/C=C/C=C/C=C2/N(CCCCCCN(C)C)c3ccc4ccccc4c3C2(C)C)C(C)(C)c2c1ccc1ccccc21. The molecule has 0 N–H and O–H groups in total. The zero-order chi connectivity index (χ0) is 45.7. The van der Waals surface area contributed by atoms with E-state index in [0.29, 0.717) is 0 Å². The minimum atomic E-state index is -0.0870. The van der Waals surface area contributed by atoms with Crippen LogP contribution in [0, 0.1) is 5.92 Å². The zero-order valence-electron chi connectivity index (χ0n) is 41.5. The van der Waals surface area contributed by atoms with Gasteiger partial charge in [-0.2, -0.15) is 4.58 Å². The predicted molar refractivity (Wildman–Crippen MR) is 284 cm³/mol. The lowest BCUT2D eigenvalue weighted by atomic mass is 9.79. The van der Waals surface area contributed by atoms with E-state index in [1.807, 2.05) is 33.5 Å². The van der Waals surface area contributed by atoms with Gasteiger partial charge in [0.1, 0.15) is 6.54 Å². The van der Waals surface area contributed by atoms with E-state index < -0.39 is 0 Å². The summed E-state index contributed by atoms with van der Waals surface area (Å²) in [5.41, 5.74) is 8.30. The summed E-state index contributed by atoms with van der Waals surface area (Å²) >= 11 is 2.94. The van der Waals surface area contributed by atoms with Gasteiger partial charge in [-0.05, 0) is 111 Å². The van der Waals surface area contributed by atoms with Crippen molar-refractivity contribution in [2.75, 3.05) is 44.5 Å². The maximum atomic E-state index is 2.94. The van der Waals surface area contributed by atoms with Crippen LogP contribution in [-0.2, 0) is 10.8 Å². The predicted octanol–water partition coefficient (Wildman–Crippen LogP) is 16.9. The van der Waals surface area contributed by atoms with Gasteiger partial charge < -0.3 is 9.80 Å². The maximum Gasteiger partial charge on any atom is 0.210 e. The van der Waals surface area contributed by atoms with E-state index in [1.54, 1.807) is 0 Å². The van der Waals surface area contributed by atoms with Gasteiger partial charge in [-0.1, -0.05) is 195 Å². The molecule has 0 saturated heterocycles. The molecule has 2 aliphatic rings. The van der Waals surface area contributed by atoms with Crippen molar-refractivity contribution in [1.29, 1.82) is 0 Å². The second-order valence-electron chi connectivity index (χ2n) is 17.9. The number of benzene rings is 4. The van der Waals surface area contributed by atoms with Crippen LogP contribution in [0.15, 0.2) is 121 Å². The largest absolute Gasteiger partial charge is 0.344 e. The fourth-order valence-corrected chi connectivity index (χ4v) is 9.41. The first-order chi connectivity index (χ1) is 30.1. The molecule has 0 aromatic heterocycles. The Morgan fingerprint density at radius 1 is 0.645 bits per heavy atom. The lowest BCUT2D eigenvalue weighted by Crippen LogP contribution is -2.28. The number of alkyl halides is 1. The van der Waals surface area contributed by atoms with E-state index in [4.69, 9.17) is 0 Å². The third-order valence-electron chi connectivity index (χ3n) is 12.7. The number of hydrogen-bond donors (Lipinski definition) is 0. The monoisotopic (exact) mass is 903 g/mol. The van der Waals surface area contributed by atoms with Crippen LogP contribution in [0.2, 0.25) is 0 Å². The molecule has 0 saturated carbocycles. The number of rotatable bonds is 19. The van der Waals surface area contributed by atoms with Crippen LogP contribution in [0.1, 0.15) is 145 Å². The number of halogens is 1. The number of nitrogens with zero attached hydrogens (tertiary/aromatic N) is 3. The molecule has 0 spiro atoms. The van der Waals surface area contributed by atoms with Gasteiger partial charge in [-0.3, -0.25) is 0 Å². The first-order valence-corrected chi connectivity index (χ1v) is 25.9. The standard InChI is InChI=1S/C53H70N3.2C2H6.CH3Br/c1-9-41(2)27-17-13-14-25-39-55-46-36-34-42-28-20-22-30-44(42)50(46)52(3,4)48(55)32-18-11-10-12-19-33-49-53(5,6)51-45-31-23-21-29-43(45)35-37-47(51)56(49)40-26-16-15-24-38-54(7)8;3*1-2/h10-12,18-23,28-37,41H,9,13-17,24-27,38-40H2,1-8H3;2*1-2H3;1H3/q+1;;;. The van der Waals surface area contributed by atoms with Crippen molar-refractivity contribution in [3.05, 3.63) is 132 Å². The van der Waals surface area contributed by atoms with Crippen LogP contribution in [0.5, 0.6) is 0 Å². The molecule has 0 radical (unpaired) electrons. The highest BCUT2D eigenvalue weighted by atomic mass is 79.9. The third kappa shape index (κ3) is 13.2. The summed E-state index contributed by atoms with van der Waals surface area (Å²) in [6.45, 7) is 25.6. The average molecular weight is 904 g/mol. The van der Waals surface area contributed by atoms with E-state index in [-0.39, 0.29) is 10.8 Å². The fraction of sp³-hybridized carbons (Fsp3) is 0.500. The quantitative estimate of drug-likeness (QED) is 0.0401. The Hall–Kier alpha value is -3.73. The van der Waals surface area contributed by atoms with Gasteiger partial charge in [-0.25, -0.2) is 0 Å². The summed E-state index contributed by atoms with van der Waals surface area (Å²) in [6, 6.07) is 27.2. The number of anilines is 1. The molecule has 2 heterocycles.